The summed E-state index contributed by atoms with van der Waals surface area (Å²) < 4.78 is 1.25. The summed E-state index contributed by atoms with van der Waals surface area (Å²) in [6, 6.07) is 3.12. The van der Waals surface area contributed by atoms with E-state index in [-0.39, 0.29) is 0 Å². The summed E-state index contributed by atoms with van der Waals surface area (Å²) in [5.41, 5.74) is 0. The quantitative estimate of drug-likeness (QED) is 0.0354. The predicted molar refractivity (Wildman–Crippen MR) is 213 cm³/mol. The van der Waals surface area contributed by atoms with Gasteiger partial charge in [0.25, 0.3) is 0 Å². The van der Waals surface area contributed by atoms with Gasteiger partial charge in [-0.2, -0.15) is 0 Å². The van der Waals surface area contributed by atoms with Gasteiger partial charge in [-0.15, -0.1) is 0 Å². The molecule has 0 heterocycles. The Morgan fingerprint density at radius 1 is 0.289 bits per heavy atom. The van der Waals surface area contributed by atoms with Crippen molar-refractivity contribution in [3.05, 3.63) is 0 Å². The lowest BCUT2D eigenvalue weighted by Gasteiger charge is -2.31. The smallest absolute Gasteiger partial charge is 0.0782 e. The van der Waals surface area contributed by atoms with Gasteiger partial charge in [0.05, 0.1) is 27.2 Å². The van der Waals surface area contributed by atoms with Crippen LogP contribution in [0, 0.1) is 0 Å². The second-order valence-corrected chi connectivity index (χ2v) is 22.3. The van der Waals surface area contributed by atoms with Gasteiger partial charge in [-0.1, -0.05) is 232 Å². The molecular weight excluding hydrogens is 559 g/mol. The van der Waals surface area contributed by atoms with E-state index >= 15 is 0 Å². The van der Waals surface area contributed by atoms with Crippen molar-refractivity contribution in [2.24, 2.45) is 0 Å². The molecule has 0 aromatic heterocycles. The molecule has 272 valence electrons. The number of quaternary nitrogens is 1. The Morgan fingerprint density at radius 3 is 0.822 bits per heavy atom. The van der Waals surface area contributed by atoms with Gasteiger partial charge in [-0.25, -0.2) is 0 Å². The van der Waals surface area contributed by atoms with Crippen LogP contribution in [0.15, 0.2) is 0 Å². The van der Waals surface area contributed by atoms with Crippen LogP contribution in [0.3, 0.4) is 0 Å². The Balaban J connectivity index is 3.49. The van der Waals surface area contributed by atoms with E-state index < -0.39 is 8.07 Å². The van der Waals surface area contributed by atoms with E-state index in [9.17, 15) is 0 Å². The minimum absolute atomic E-state index is 0.997. The molecule has 45 heavy (non-hydrogen) atoms. The topological polar surface area (TPSA) is 0 Å². The molecule has 0 aliphatic carbocycles. The van der Waals surface area contributed by atoms with Gasteiger partial charge in [0.1, 0.15) is 0 Å². The van der Waals surface area contributed by atoms with Crippen LogP contribution in [0.1, 0.15) is 226 Å². The molecule has 0 radical (unpaired) electrons. The molecule has 0 aliphatic rings. The molecule has 0 aromatic rings. The Labute approximate surface area is 289 Å². The van der Waals surface area contributed by atoms with Crippen molar-refractivity contribution in [3.8, 4) is 0 Å². The van der Waals surface area contributed by atoms with E-state index in [2.05, 4.69) is 41.0 Å². The summed E-state index contributed by atoms with van der Waals surface area (Å²) in [5, 5.41) is 0. The van der Waals surface area contributed by atoms with E-state index in [4.69, 9.17) is 0 Å². The lowest BCUT2D eigenvalue weighted by molar-refractivity contribution is -0.890. The van der Waals surface area contributed by atoms with Gasteiger partial charge in [0.2, 0.25) is 0 Å². The Hall–Kier alpha value is 0.177. The maximum Gasteiger partial charge on any atom is 0.0782 e. The highest BCUT2D eigenvalue weighted by Crippen LogP contribution is 2.23. The van der Waals surface area contributed by atoms with Crippen LogP contribution in [0.5, 0.6) is 0 Å². The Bertz CT molecular complexity index is 508. The van der Waals surface area contributed by atoms with Crippen LogP contribution < -0.4 is 0 Å². The molecule has 2 heteroatoms. The molecule has 0 unspecified atom stereocenters. The van der Waals surface area contributed by atoms with Gasteiger partial charge in [-0.05, 0) is 19.3 Å². The summed E-state index contributed by atoms with van der Waals surface area (Å²) in [7, 11) is 3.99. The number of hydrogen-bond donors (Lipinski definition) is 0. The molecule has 1 nitrogen and oxygen atoms in total. The predicted octanol–water partition coefficient (Wildman–Crippen LogP) is 15.7. The monoisotopic (exact) mass is 651 g/mol. The summed E-state index contributed by atoms with van der Waals surface area (Å²) in [4.78, 5) is 0. The van der Waals surface area contributed by atoms with E-state index in [0.717, 1.165) is 0 Å². The third kappa shape index (κ3) is 36.9. The first-order valence-electron chi connectivity index (χ1n) is 21.6. The van der Waals surface area contributed by atoms with Crippen LogP contribution in [0.4, 0.5) is 0 Å². The summed E-state index contributed by atoms with van der Waals surface area (Å²) in [5.74, 6) is 0. The van der Waals surface area contributed by atoms with Crippen molar-refractivity contribution in [1.29, 1.82) is 0 Å². The fourth-order valence-electron chi connectivity index (χ4n) is 7.46. The molecule has 0 saturated heterocycles. The third-order valence-corrected chi connectivity index (χ3v) is 14.4. The summed E-state index contributed by atoms with van der Waals surface area (Å²) >= 11 is 0. The van der Waals surface area contributed by atoms with Crippen molar-refractivity contribution < 1.29 is 4.48 Å². The standard InChI is InChI=1S/C43H92NSi/c1-7-9-11-13-15-17-19-21-23-25-27-29-31-33-35-37-40-44(3,4)41-39-43-45(5,6)42-38-36-34-32-30-28-26-24-22-20-18-16-14-12-10-8-2/h7-43H2,1-6H3/q+1. The van der Waals surface area contributed by atoms with Crippen molar-refractivity contribution in [2.45, 2.75) is 251 Å². The molecule has 0 fully saturated rings. The third-order valence-electron chi connectivity index (χ3n) is 10.9. The maximum atomic E-state index is 2.67. The number of nitrogens with zero attached hydrogens (tertiary/aromatic N) is 1. The van der Waals surface area contributed by atoms with Gasteiger partial charge in [0.15, 0.2) is 0 Å². The second-order valence-electron chi connectivity index (χ2n) is 17.0. The highest BCUT2D eigenvalue weighted by molar-refractivity contribution is 6.77. The first-order chi connectivity index (χ1) is 21.8. The molecule has 0 saturated carbocycles. The lowest BCUT2D eigenvalue weighted by atomic mass is 10.0. The molecule has 0 N–H and O–H groups in total. The first-order valence-corrected chi connectivity index (χ1v) is 25.1. The molecule has 0 atom stereocenters. The van der Waals surface area contributed by atoms with E-state index in [0.29, 0.717) is 0 Å². The normalized spacial score (nSPS) is 12.4. The fraction of sp³-hybridized carbons (Fsp3) is 1.00. The van der Waals surface area contributed by atoms with Crippen molar-refractivity contribution in [2.75, 3.05) is 27.2 Å². The van der Waals surface area contributed by atoms with Crippen molar-refractivity contribution in [3.63, 3.8) is 0 Å². The number of unbranched alkanes of at least 4 members (excludes halogenated alkanes) is 30. The minimum atomic E-state index is -0.997. The average molecular weight is 651 g/mol. The highest BCUT2D eigenvalue weighted by Gasteiger charge is 2.22. The van der Waals surface area contributed by atoms with Crippen LogP contribution in [-0.4, -0.2) is 39.7 Å². The zero-order valence-electron chi connectivity index (χ0n) is 33.1. The van der Waals surface area contributed by atoms with Crippen LogP contribution in [0.25, 0.3) is 0 Å². The number of rotatable bonds is 38. The maximum absolute atomic E-state index is 2.67. The van der Waals surface area contributed by atoms with Crippen LogP contribution in [0.2, 0.25) is 25.2 Å². The van der Waals surface area contributed by atoms with Gasteiger partial charge < -0.3 is 4.48 Å². The van der Waals surface area contributed by atoms with E-state index in [1.165, 1.54) is 229 Å². The number of hydrogen-bond acceptors (Lipinski definition) is 0. The molecule has 0 aliphatic heterocycles. The van der Waals surface area contributed by atoms with Crippen LogP contribution >= 0.6 is 0 Å². The highest BCUT2D eigenvalue weighted by atomic mass is 28.3. The summed E-state index contributed by atoms with van der Waals surface area (Å²) in [6.07, 6.45) is 48.6. The van der Waals surface area contributed by atoms with Gasteiger partial charge in [-0.3, -0.25) is 0 Å². The van der Waals surface area contributed by atoms with Gasteiger partial charge in [0, 0.05) is 8.07 Å². The second kappa shape index (κ2) is 34.1. The molecular formula is C43H92NSi+. The molecule has 0 bridgehead atoms. The summed E-state index contributed by atoms with van der Waals surface area (Å²) in [6.45, 7) is 12.8. The van der Waals surface area contributed by atoms with Crippen molar-refractivity contribution in [1.82, 2.24) is 0 Å². The van der Waals surface area contributed by atoms with Crippen molar-refractivity contribution >= 4 is 8.07 Å². The zero-order valence-corrected chi connectivity index (χ0v) is 34.1. The molecule has 0 spiro atoms. The SMILES string of the molecule is CCCCCCCCCCCCCCCCCC[N+](C)(C)CCC[Si](C)(C)CCCCCCCCCCCCCCCCCC. The largest absolute Gasteiger partial charge is 0.328 e. The van der Waals surface area contributed by atoms with E-state index in [1.54, 1.807) is 12.1 Å². The van der Waals surface area contributed by atoms with Crippen LogP contribution in [-0.2, 0) is 0 Å². The van der Waals surface area contributed by atoms with E-state index in [1.807, 2.05) is 0 Å². The average Bonchev–Trinajstić information content (AvgIpc) is 3.00. The zero-order chi connectivity index (χ0) is 33.2. The minimum Gasteiger partial charge on any atom is -0.328 e. The van der Waals surface area contributed by atoms with Gasteiger partial charge >= 0.3 is 0 Å². The fourth-order valence-corrected chi connectivity index (χ4v) is 10.0. The molecule has 0 aromatic carbocycles. The molecule has 0 rings (SSSR count). The Kier molecular flexibility index (Phi) is 34.2. The molecule has 0 amide bonds. The lowest BCUT2D eigenvalue weighted by Crippen LogP contribution is -2.42. The first kappa shape index (κ1) is 45.2. The Morgan fingerprint density at radius 2 is 0.511 bits per heavy atom.